The van der Waals surface area contributed by atoms with Crippen LogP contribution in [-0.2, 0) is 16.2 Å². The minimum Gasteiger partial charge on any atom is -0.488 e. The predicted molar refractivity (Wildman–Crippen MR) is 112 cm³/mol. The summed E-state index contributed by atoms with van der Waals surface area (Å²) in [6.07, 6.45) is 1.26. The fourth-order valence-electron chi connectivity index (χ4n) is 2.38. The van der Waals surface area contributed by atoms with E-state index in [0.29, 0.717) is 17.9 Å². The second-order valence-corrected chi connectivity index (χ2v) is 7.91. The molecule has 1 atom stereocenters. The van der Waals surface area contributed by atoms with Crippen LogP contribution in [0.1, 0.15) is 17.5 Å². The van der Waals surface area contributed by atoms with Crippen molar-refractivity contribution in [3.63, 3.8) is 0 Å². The van der Waals surface area contributed by atoms with E-state index in [1.807, 2.05) is 48.5 Å². The summed E-state index contributed by atoms with van der Waals surface area (Å²) in [5.74, 6) is -0.773. The van der Waals surface area contributed by atoms with Gasteiger partial charge in [0.25, 0.3) is 0 Å². The van der Waals surface area contributed by atoms with Crippen LogP contribution in [0, 0.1) is 0 Å². The number of nitrogens with zero attached hydrogens (tertiary/aromatic N) is 2. The number of hydrogen-bond acceptors (Lipinski definition) is 6. The molecule has 3 rings (SSSR count). The maximum atomic E-state index is 11.7. The molecule has 1 heterocycles. The molecule has 0 aliphatic carbocycles. The van der Waals surface area contributed by atoms with Gasteiger partial charge in [0, 0.05) is 10.0 Å². The summed E-state index contributed by atoms with van der Waals surface area (Å²) in [4.78, 5) is 22.5. The lowest BCUT2D eigenvalue weighted by atomic mass is 10.2. The highest BCUT2D eigenvalue weighted by Gasteiger charge is 2.32. The first-order chi connectivity index (χ1) is 13.5. The third kappa shape index (κ3) is 5.67. The summed E-state index contributed by atoms with van der Waals surface area (Å²) in [7, 11) is 0. The molecule has 28 heavy (non-hydrogen) atoms. The highest BCUT2D eigenvalue weighted by molar-refractivity contribution is 9.10. The van der Waals surface area contributed by atoms with Crippen molar-refractivity contribution in [3.8, 4) is 5.75 Å². The fraction of sp³-hybridized carbons (Fsp3) is 0.158. The Balaban J connectivity index is 1.68. The molecule has 1 amide bonds. The van der Waals surface area contributed by atoms with Crippen molar-refractivity contribution in [1.29, 1.82) is 0 Å². The van der Waals surface area contributed by atoms with E-state index >= 15 is 0 Å². The topological polar surface area (TPSA) is 100 Å². The first-order valence-electron chi connectivity index (χ1n) is 8.28. The zero-order valence-corrected chi connectivity index (χ0v) is 16.9. The number of benzene rings is 2. The molecule has 144 valence electrons. The quantitative estimate of drug-likeness (QED) is 0.485. The number of carboxylic acids is 1. The number of carbonyl (C=O) groups is 2. The van der Waals surface area contributed by atoms with Crippen LogP contribution in [-0.4, -0.2) is 33.6 Å². The van der Waals surface area contributed by atoms with E-state index in [2.05, 4.69) is 31.4 Å². The molecule has 9 heteroatoms. The van der Waals surface area contributed by atoms with E-state index in [9.17, 15) is 9.59 Å². The summed E-state index contributed by atoms with van der Waals surface area (Å²) in [6.45, 7) is 0.417. The molecule has 1 aliphatic heterocycles. The van der Waals surface area contributed by atoms with Gasteiger partial charge in [-0.05, 0) is 23.8 Å². The molecule has 2 aromatic rings. The molecule has 7 nitrogen and oxygen atoms in total. The molecule has 1 saturated heterocycles. The van der Waals surface area contributed by atoms with E-state index in [-0.39, 0.29) is 17.5 Å². The number of ether oxygens (including phenoxy) is 1. The Morgan fingerprint density at radius 1 is 1.29 bits per heavy atom. The number of rotatable bonds is 7. The van der Waals surface area contributed by atoms with Crippen LogP contribution in [0.3, 0.4) is 0 Å². The Bertz CT molecular complexity index is 934. The third-order valence-corrected chi connectivity index (χ3v) is 5.26. The Hall–Kier alpha value is -2.65. The summed E-state index contributed by atoms with van der Waals surface area (Å²) >= 11 is 4.47. The number of aliphatic carboxylic acids is 1. The summed E-state index contributed by atoms with van der Waals surface area (Å²) in [5, 5.41) is 18.9. The SMILES string of the molecule is O=C(O)CC1SC(=NN=Cc2cc(Br)ccc2OCc2ccccc2)NC1=O. The zero-order chi connectivity index (χ0) is 19.9. The predicted octanol–water partition coefficient (Wildman–Crippen LogP) is 3.42. The molecular formula is C19H16BrN3O4S. The average Bonchev–Trinajstić information content (AvgIpc) is 3.00. The lowest BCUT2D eigenvalue weighted by Gasteiger charge is -2.09. The van der Waals surface area contributed by atoms with Gasteiger partial charge in [-0.3, -0.25) is 9.59 Å². The summed E-state index contributed by atoms with van der Waals surface area (Å²) in [6, 6.07) is 15.3. The number of amides is 1. The van der Waals surface area contributed by atoms with Gasteiger partial charge >= 0.3 is 5.97 Å². The van der Waals surface area contributed by atoms with E-state index < -0.39 is 11.2 Å². The molecule has 0 aromatic heterocycles. The van der Waals surface area contributed by atoms with E-state index in [1.165, 1.54) is 6.21 Å². The van der Waals surface area contributed by atoms with Gasteiger partial charge in [-0.25, -0.2) is 0 Å². The molecule has 0 bridgehead atoms. The highest BCUT2D eigenvalue weighted by Crippen LogP contribution is 2.24. The van der Waals surface area contributed by atoms with E-state index in [0.717, 1.165) is 21.8 Å². The van der Waals surface area contributed by atoms with Crippen molar-refractivity contribution in [2.45, 2.75) is 18.3 Å². The van der Waals surface area contributed by atoms with Gasteiger partial charge in [0.2, 0.25) is 5.91 Å². The summed E-state index contributed by atoms with van der Waals surface area (Å²) < 4.78 is 6.74. The van der Waals surface area contributed by atoms with Crippen molar-refractivity contribution in [1.82, 2.24) is 5.32 Å². The number of amidine groups is 1. The number of nitrogens with one attached hydrogen (secondary N) is 1. The molecule has 1 unspecified atom stereocenters. The largest absolute Gasteiger partial charge is 0.488 e. The molecule has 0 radical (unpaired) electrons. The standard InChI is InChI=1S/C19H16BrN3O4S/c20-14-6-7-15(27-11-12-4-2-1-3-5-12)13(8-14)10-21-23-19-22-18(26)16(28-19)9-17(24)25/h1-8,10,16H,9,11H2,(H,24,25)(H,22,23,26). The van der Waals surface area contributed by atoms with Crippen LogP contribution in [0.2, 0.25) is 0 Å². The van der Waals surface area contributed by atoms with Gasteiger partial charge in [-0.1, -0.05) is 58.0 Å². The second-order valence-electron chi connectivity index (χ2n) is 5.80. The lowest BCUT2D eigenvalue weighted by Crippen LogP contribution is -2.26. The maximum absolute atomic E-state index is 11.7. The Morgan fingerprint density at radius 3 is 2.82 bits per heavy atom. The van der Waals surface area contributed by atoms with Gasteiger partial charge in [-0.2, -0.15) is 5.10 Å². The van der Waals surface area contributed by atoms with Crippen molar-refractivity contribution in [2.75, 3.05) is 0 Å². The van der Waals surface area contributed by atoms with Crippen LogP contribution in [0.4, 0.5) is 0 Å². The maximum Gasteiger partial charge on any atom is 0.305 e. The first-order valence-corrected chi connectivity index (χ1v) is 9.95. The molecule has 0 saturated carbocycles. The smallest absolute Gasteiger partial charge is 0.305 e. The summed E-state index contributed by atoms with van der Waals surface area (Å²) in [5.41, 5.74) is 1.76. The van der Waals surface area contributed by atoms with E-state index in [1.54, 1.807) is 0 Å². The molecule has 2 N–H and O–H groups in total. The van der Waals surface area contributed by atoms with Crippen molar-refractivity contribution in [2.24, 2.45) is 10.2 Å². The van der Waals surface area contributed by atoms with Gasteiger partial charge in [0.1, 0.15) is 17.6 Å². The van der Waals surface area contributed by atoms with Crippen LogP contribution < -0.4 is 10.1 Å². The first kappa shape index (κ1) is 20.1. The normalized spacial score (nSPS) is 17.8. The number of carbonyl (C=O) groups excluding carboxylic acids is 1. The average molecular weight is 462 g/mol. The van der Waals surface area contributed by atoms with Gasteiger partial charge in [-0.15, -0.1) is 5.10 Å². The fourth-order valence-corrected chi connectivity index (χ4v) is 3.67. The minimum absolute atomic E-state index is 0.262. The number of carboxylic acid groups (broad SMARTS) is 1. The van der Waals surface area contributed by atoms with E-state index in [4.69, 9.17) is 9.84 Å². The Morgan fingerprint density at radius 2 is 2.07 bits per heavy atom. The number of halogens is 1. The Labute approximate surface area is 174 Å². The molecular weight excluding hydrogens is 446 g/mol. The van der Waals surface area contributed by atoms with Crippen molar-refractivity contribution >= 4 is 51.0 Å². The Kier molecular flexibility index (Phi) is 6.83. The number of hydrogen-bond donors (Lipinski definition) is 2. The zero-order valence-electron chi connectivity index (χ0n) is 14.5. The lowest BCUT2D eigenvalue weighted by molar-refractivity contribution is -0.138. The third-order valence-electron chi connectivity index (χ3n) is 3.69. The van der Waals surface area contributed by atoms with Crippen LogP contribution in [0.5, 0.6) is 5.75 Å². The van der Waals surface area contributed by atoms with Crippen molar-refractivity contribution in [3.05, 3.63) is 64.1 Å². The van der Waals surface area contributed by atoms with Gasteiger partial charge < -0.3 is 15.2 Å². The van der Waals surface area contributed by atoms with Crippen LogP contribution in [0.15, 0.2) is 63.2 Å². The molecule has 0 spiro atoms. The molecule has 1 aliphatic rings. The monoisotopic (exact) mass is 461 g/mol. The van der Waals surface area contributed by atoms with Crippen molar-refractivity contribution < 1.29 is 19.4 Å². The number of thioether (sulfide) groups is 1. The van der Waals surface area contributed by atoms with Crippen LogP contribution >= 0.6 is 27.7 Å². The minimum atomic E-state index is -1.04. The van der Waals surface area contributed by atoms with Crippen LogP contribution in [0.25, 0.3) is 0 Å². The van der Waals surface area contributed by atoms with Gasteiger partial charge in [0.15, 0.2) is 5.17 Å². The molecule has 2 aromatic carbocycles. The highest BCUT2D eigenvalue weighted by atomic mass is 79.9. The molecule has 1 fully saturated rings. The second kappa shape index (κ2) is 9.52. The van der Waals surface area contributed by atoms with Gasteiger partial charge in [0.05, 0.1) is 12.6 Å².